The molecular weight excluding hydrogens is 428 g/mol. The molecule has 4 aromatic heterocycles. The molecule has 1 fully saturated rings. The summed E-state index contributed by atoms with van der Waals surface area (Å²) < 4.78 is 2.03. The molecule has 1 N–H and O–H groups in total. The molecule has 0 saturated carbocycles. The van der Waals surface area contributed by atoms with Gasteiger partial charge < -0.3 is 15.1 Å². The van der Waals surface area contributed by atoms with Crippen LogP contribution in [-0.4, -0.2) is 61.3 Å². The smallest absolute Gasteiger partial charge is 0.228 e. The lowest BCUT2D eigenvalue weighted by Crippen LogP contribution is -2.48. The molecule has 9 heteroatoms. The summed E-state index contributed by atoms with van der Waals surface area (Å²) in [4.78, 5) is 33.6. The van der Waals surface area contributed by atoms with Crippen LogP contribution in [0.1, 0.15) is 26.3 Å². The number of anilines is 3. The number of amides is 1. The van der Waals surface area contributed by atoms with Crippen molar-refractivity contribution in [3.05, 3.63) is 60.7 Å². The van der Waals surface area contributed by atoms with Gasteiger partial charge in [-0.25, -0.2) is 19.9 Å². The highest BCUT2D eigenvalue weighted by Gasteiger charge is 2.19. The second-order valence-electron chi connectivity index (χ2n) is 7.86. The Kier molecular flexibility index (Phi) is 7.01. The van der Waals surface area contributed by atoms with E-state index in [1.54, 1.807) is 13.1 Å². The van der Waals surface area contributed by atoms with Crippen molar-refractivity contribution < 1.29 is 4.79 Å². The molecule has 1 aliphatic heterocycles. The third kappa shape index (κ3) is 4.98. The lowest BCUT2D eigenvalue weighted by Gasteiger charge is -2.35. The van der Waals surface area contributed by atoms with Crippen molar-refractivity contribution in [1.29, 1.82) is 0 Å². The molecule has 34 heavy (non-hydrogen) atoms. The maximum absolute atomic E-state index is 11.5. The summed E-state index contributed by atoms with van der Waals surface area (Å²) in [7, 11) is 0. The lowest BCUT2D eigenvalue weighted by molar-refractivity contribution is -0.129. The van der Waals surface area contributed by atoms with Crippen molar-refractivity contribution in [3.63, 3.8) is 0 Å². The van der Waals surface area contributed by atoms with Crippen molar-refractivity contribution in [1.82, 2.24) is 29.2 Å². The second kappa shape index (κ2) is 10.3. The van der Waals surface area contributed by atoms with Crippen LogP contribution in [0.5, 0.6) is 0 Å². The standard InChI is InChI=1S/C23H24N8O.C2H6/c1-16-3-6-22-26-14-20(31(22)15-16)19-7-8-24-23(27-19)28-21-5-4-18(13-25-21)30-11-9-29(10-12-30)17(2)32;1-2/h3-8,13-15H,9-12H2,1-2H3,(H,24,25,27,28);1-2H3. The number of pyridine rings is 2. The van der Waals surface area contributed by atoms with Crippen LogP contribution in [0.15, 0.2) is 55.1 Å². The van der Waals surface area contributed by atoms with Crippen molar-refractivity contribution in [2.24, 2.45) is 0 Å². The van der Waals surface area contributed by atoms with Gasteiger partial charge in [-0.2, -0.15) is 0 Å². The van der Waals surface area contributed by atoms with Gasteiger partial charge in [-0.1, -0.05) is 19.9 Å². The van der Waals surface area contributed by atoms with Crippen molar-refractivity contribution in [3.8, 4) is 11.4 Å². The summed E-state index contributed by atoms with van der Waals surface area (Å²) in [6.45, 7) is 10.7. The van der Waals surface area contributed by atoms with Crippen LogP contribution in [0, 0.1) is 6.92 Å². The average Bonchev–Trinajstić information content (AvgIpc) is 3.29. The van der Waals surface area contributed by atoms with Gasteiger partial charge in [-0.3, -0.25) is 9.20 Å². The molecule has 4 aromatic rings. The molecule has 0 aromatic carbocycles. The number of imidazole rings is 1. The van der Waals surface area contributed by atoms with Gasteiger partial charge in [0, 0.05) is 45.5 Å². The molecular formula is C25H30N8O. The molecule has 9 nitrogen and oxygen atoms in total. The number of nitrogens with one attached hydrogen (secondary N) is 1. The first-order valence-electron chi connectivity index (χ1n) is 11.6. The molecule has 0 atom stereocenters. The Morgan fingerprint density at radius 3 is 2.44 bits per heavy atom. The molecule has 1 aliphatic rings. The highest BCUT2D eigenvalue weighted by Crippen LogP contribution is 2.22. The molecule has 0 unspecified atom stereocenters. The van der Waals surface area contributed by atoms with Crippen LogP contribution < -0.4 is 10.2 Å². The number of aryl methyl sites for hydroxylation is 1. The van der Waals surface area contributed by atoms with Crippen molar-refractivity contribution >= 4 is 29.0 Å². The number of fused-ring (bicyclic) bond motifs is 1. The monoisotopic (exact) mass is 458 g/mol. The minimum absolute atomic E-state index is 0.128. The fraction of sp³-hybridized carbons (Fsp3) is 0.320. The average molecular weight is 459 g/mol. The van der Waals surface area contributed by atoms with E-state index in [1.807, 2.05) is 72.1 Å². The van der Waals surface area contributed by atoms with Gasteiger partial charge in [0.2, 0.25) is 11.9 Å². The molecule has 5 rings (SSSR count). The first-order chi connectivity index (χ1) is 16.6. The van der Waals surface area contributed by atoms with Crippen LogP contribution in [-0.2, 0) is 4.79 Å². The van der Waals surface area contributed by atoms with Crippen molar-refractivity contribution in [2.45, 2.75) is 27.7 Å². The molecule has 176 valence electrons. The summed E-state index contributed by atoms with van der Waals surface area (Å²) in [6.07, 6.45) is 7.43. The molecule has 0 radical (unpaired) electrons. The zero-order chi connectivity index (χ0) is 24.1. The highest BCUT2D eigenvalue weighted by molar-refractivity contribution is 5.73. The summed E-state index contributed by atoms with van der Waals surface area (Å²) in [5.74, 6) is 1.27. The minimum Gasteiger partial charge on any atom is -0.367 e. The zero-order valence-electron chi connectivity index (χ0n) is 20.1. The van der Waals surface area contributed by atoms with Gasteiger partial charge in [-0.05, 0) is 36.8 Å². The SMILES string of the molecule is CC.CC(=O)N1CCN(c2ccc(Nc3nccc(-c4cnc5ccc(C)cn45)n3)nc2)CC1. The Morgan fingerprint density at radius 2 is 1.74 bits per heavy atom. The molecule has 1 amide bonds. The number of rotatable bonds is 4. The number of piperazine rings is 1. The summed E-state index contributed by atoms with van der Waals surface area (Å²) in [6, 6.07) is 9.84. The van der Waals surface area contributed by atoms with E-state index < -0.39 is 0 Å². The van der Waals surface area contributed by atoms with E-state index in [0.29, 0.717) is 11.8 Å². The van der Waals surface area contributed by atoms with E-state index in [9.17, 15) is 4.79 Å². The predicted octanol–water partition coefficient (Wildman–Crippen LogP) is 3.93. The number of aromatic nitrogens is 5. The van der Waals surface area contributed by atoms with E-state index in [4.69, 9.17) is 0 Å². The zero-order valence-corrected chi connectivity index (χ0v) is 20.1. The van der Waals surface area contributed by atoms with Crippen LogP contribution in [0.2, 0.25) is 0 Å². The van der Waals surface area contributed by atoms with Gasteiger partial charge >= 0.3 is 0 Å². The quantitative estimate of drug-likeness (QED) is 0.495. The number of carbonyl (C=O) groups is 1. The molecule has 0 bridgehead atoms. The number of nitrogens with zero attached hydrogens (tertiary/aromatic N) is 7. The Labute approximate surface area is 199 Å². The van der Waals surface area contributed by atoms with E-state index in [2.05, 4.69) is 37.1 Å². The topological polar surface area (TPSA) is 91.6 Å². The molecule has 1 saturated heterocycles. The summed E-state index contributed by atoms with van der Waals surface area (Å²) in [5, 5.41) is 3.18. The molecule has 0 aliphatic carbocycles. The Morgan fingerprint density at radius 1 is 0.941 bits per heavy atom. The number of hydrogen-bond donors (Lipinski definition) is 1. The van der Waals surface area contributed by atoms with E-state index in [-0.39, 0.29) is 5.91 Å². The van der Waals surface area contributed by atoms with Gasteiger partial charge in [0.15, 0.2) is 0 Å². The summed E-state index contributed by atoms with van der Waals surface area (Å²) >= 11 is 0. The lowest BCUT2D eigenvalue weighted by atomic mass is 10.2. The van der Waals surface area contributed by atoms with Crippen LogP contribution >= 0.6 is 0 Å². The number of carbonyl (C=O) groups excluding carboxylic acids is 1. The first kappa shape index (κ1) is 23.2. The van der Waals surface area contributed by atoms with Gasteiger partial charge in [0.25, 0.3) is 0 Å². The highest BCUT2D eigenvalue weighted by atomic mass is 16.2. The third-order valence-electron chi connectivity index (χ3n) is 5.65. The van der Waals surface area contributed by atoms with Gasteiger partial charge in [-0.15, -0.1) is 0 Å². The van der Waals surface area contributed by atoms with Gasteiger partial charge in [0.05, 0.1) is 29.5 Å². The maximum atomic E-state index is 11.5. The second-order valence-corrected chi connectivity index (χ2v) is 7.86. The maximum Gasteiger partial charge on any atom is 0.228 e. The minimum atomic E-state index is 0.128. The van der Waals surface area contributed by atoms with E-state index >= 15 is 0 Å². The fourth-order valence-corrected chi connectivity index (χ4v) is 3.88. The van der Waals surface area contributed by atoms with Crippen LogP contribution in [0.4, 0.5) is 17.5 Å². The normalized spacial score (nSPS) is 13.4. The number of hydrogen-bond acceptors (Lipinski definition) is 7. The van der Waals surface area contributed by atoms with E-state index in [0.717, 1.165) is 54.5 Å². The molecule has 0 spiro atoms. The molecule has 5 heterocycles. The summed E-state index contributed by atoms with van der Waals surface area (Å²) in [5.41, 5.74) is 4.74. The third-order valence-corrected chi connectivity index (χ3v) is 5.65. The Hall–Kier alpha value is -4.01. The Bertz CT molecular complexity index is 1260. The predicted molar refractivity (Wildman–Crippen MR) is 134 cm³/mol. The largest absolute Gasteiger partial charge is 0.367 e. The van der Waals surface area contributed by atoms with Crippen molar-refractivity contribution in [2.75, 3.05) is 36.4 Å². The Balaban J connectivity index is 0.00000133. The van der Waals surface area contributed by atoms with Crippen LogP contribution in [0.3, 0.4) is 0 Å². The van der Waals surface area contributed by atoms with Gasteiger partial charge in [0.1, 0.15) is 11.5 Å². The fourth-order valence-electron chi connectivity index (χ4n) is 3.88. The van der Waals surface area contributed by atoms with Crippen LogP contribution in [0.25, 0.3) is 17.0 Å². The van der Waals surface area contributed by atoms with E-state index in [1.165, 1.54) is 0 Å². The first-order valence-corrected chi connectivity index (χ1v) is 11.6.